The molecule has 0 bridgehead atoms. The summed E-state index contributed by atoms with van der Waals surface area (Å²) in [6, 6.07) is 64.5. The minimum atomic E-state index is 0.630. The van der Waals surface area contributed by atoms with Crippen LogP contribution in [0.2, 0.25) is 0 Å². The quantitative estimate of drug-likeness (QED) is 0.164. The van der Waals surface area contributed by atoms with E-state index in [1.165, 1.54) is 0 Å². The van der Waals surface area contributed by atoms with Crippen LogP contribution in [-0.4, -0.2) is 24.9 Å². The fourth-order valence-electron chi connectivity index (χ4n) is 7.05. The number of thiophene rings is 1. The standard InChI is InChI=1S/C49H31N5S/c1-5-15-32(16-6-1)36-23-13-24-37(29-36)48-52-46(35-21-11-4-12-22-35)53-49(54-48)40-25-14-26-43-45(40)39-28-27-38(30-44(39)55-43)47-50-41(33-17-7-2-8-18-33)31-42(51-47)34-19-9-3-10-20-34/h1-31H. The molecular formula is C49H31N5S. The number of hydrogen-bond acceptors (Lipinski definition) is 6. The van der Waals surface area contributed by atoms with Crippen molar-refractivity contribution >= 4 is 31.5 Å². The maximum atomic E-state index is 5.18. The van der Waals surface area contributed by atoms with Crippen molar-refractivity contribution in [3.63, 3.8) is 0 Å². The molecule has 3 aromatic heterocycles. The van der Waals surface area contributed by atoms with Gasteiger partial charge in [0.15, 0.2) is 23.3 Å². The molecule has 3 heterocycles. The first-order chi connectivity index (χ1) is 27.2. The molecule has 0 saturated carbocycles. The van der Waals surface area contributed by atoms with E-state index in [1.54, 1.807) is 11.3 Å². The van der Waals surface area contributed by atoms with Crippen LogP contribution in [0.25, 0.3) is 99.4 Å². The van der Waals surface area contributed by atoms with E-state index in [-0.39, 0.29) is 0 Å². The maximum Gasteiger partial charge on any atom is 0.164 e. The monoisotopic (exact) mass is 721 g/mol. The molecule has 0 N–H and O–H groups in total. The maximum absolute atomic E-state index is 5.18. The molecule has 0 atom stereocenters. The topological polar surface area (TPSA) is 64.5 Å². The Labute approximate surface area is 322 Å². The normalized spacial score (nSPS) is 11.3. The first-order valence-electron chi connectivity index (χ1n) is 18.2. The molecule has 5 nitrogen and oxygen atoms in total. The minimum absolute atomic E-state index is 0.630. The molecule has 0 radical (unpaired) electrons. The Morgan fingerprint density at radius 2 is 0.782 bits per heavy atom. The fourth-order valence-corrected chi connectivity index (χ4v) is 8.22. The van der Waals surface area contributed by atoms with Crippen molar-refractivity contribution in [2.45, 2.75) is 0 Å². The van der Waals surface area contributed by atoms with Gasteiger partial charge in [0.25, 0.3) is 0 Å². The SMILES string of the molecule is c1ccc(-c2cccc(-c3nc(-c4ccccc4)nc(-c4cccc5sc6cc(-c7nc(-c8ccccc8)cc(-c8ccccc8)n7)ccc6c45)n3)c2)cc1. The van der Waals surface area contributed by atoms with Crippen molar-refractivity contribution in [2.75, 3.05) is 0 Å². The van der Waals surface area contributed by atoms with Gasteiger partial charge in [0.1, 0.15) is 0 Å². The van der Waals surface area contributed by atoms with Crippen LogP contribution < -0.4 is 0 Å². The molecule has 0 fully saturated rings. The Kier molecular flexibility index (Phi) is 8.28. The van der Waals surface area contributed by atoms with E-state index in [4.69, 9.17) is 24.9 Å². The van der Waals surface area contributed by atoms with Crippen molar-refractivity contribution < 1.29 is 0 Å². The molecule has 7 aromatic carbocycles. The number of benzene rings is 7. The molecule has 10 rings (SSSR count). The Morgan fingerprint density at radius 3 is 1.44 bits per heavy atom. The highest BCUT2D eigenvalue weighted by molar-refractivity contribution is 7.26. The molecule has 0 spiro atoms. The Morgan fingerprint density at radius 1 is 0.291 bits per heavy atom. The molecule has 0 saturated heterocycles. The van der Waals surface area contributed by atoms with E-state index in [1.807, 2.05) is 72.8 Å². The summed E-state index contributed by atoms with van der Waals surface area (Å²) in [5.41, 5.74) is 9.92. The average molecular weight is 722 g/mol. The van der Waals surface area contributed by atoms with Crippen LogP contribution >= 0.6 is 11.3 Å². The summed E-state index contributed by atoms with van der Waals surface area (Å²) in [5, 5.41) is 2.25. The largest absolute Gasteiger partial charge is 0.228 e. The molecule has 0 aliphatic carbocycles. The number of fused-ring (bicyclic) bond motifs is 3. The molecule has 0 aliphatic heterocycles. The van der Waals surface area contributed by atoms with Crippen LogP contribution in [0.5, 0.6) is 0 Å². The number of rotatable bonds is 7. The predicted molar refractivity (Wildman–Crippen MR) is 226 cm³/mol. The first-order valence-corrected chi connectivity index (χ1v) is 19.0. The third-order valence-electron chi connectivity index (χ3n) is 9.76. The second-order valence-electron chi connectivity index (χ2n) is 13.3. The van der Waals surface area contributed by atoms with E-state index in [0.29, 0.717) is 23.3 Å². The summed E-state index contributed by atoms with van der Waals surface area (Å²) in [4.78, 5) is 25.5. The highest BCUT2D eigenvalue weighted by Crippen LogP contribution is 2.41. The summed E-state index contributed by atoms with van der Waals surface area (Å²) in [7, 11) is 0. The lowest BCUT2D eigenvalue weighted by molar-refractivity contribution is 1.08. The van der Waals surface area contributed by atoms with Gasteiger partial charge in [0, 0.05) is 53.6 Å². The van der Waals surface area contributed by atoms with Crippen molar-refractivity contribution in [1.29, 1.82) is 0 Å². The van der Waals surface area contributed by atoms with Gasteiger partial charge >= 0.3 is 0 Å². The molecular weight excluding hydrogens is 691 g/mol. The Bertz CT molecular complexity index is 2910. The van der Waals surface area contributed by atoms with Gasteiger partial charge in [0.05, 0.1) is 11.4 Å². The molecule has 0 amide bonds. The van der Waals surface area contributed by atoms with E-state index < -0.39 is 0 Å². The van der Waals surface area contributed by atoms with Gasteiger partial charge in [0.2, 0.25) is 0 Å². The van der Waals surface area contributed by atoms with Crippen LogP contribution in [0.3, 0.4) is 0 Å². The summed E-state index contributed by atoms with van der Waals surface area (Å²) in [6.07, 6.45) is 0. The van der Waals surface area contributed by atoms with Gasteiger partial charge in [-0.15, -0.1) is 11.3 Å². The smallest absolute Gasteiger partial charge is 0.164 e. The molecule has 6 heteroatoms. The second kappa shape index (κ2) is 14.0. The van der Waals surface area contributed by atoms with Crippen LogP contribution in [0.15, 0.2) is 188 Å². The highest BCUT2D eigenvalue weighted by atomic mass is 32.1. The summed E-state index contributed by atoms with van der Waals surface area (Å²) < 4.78 is 2.30. The van der Waals surface area contributed by atoms with Crippen LogP contribution in [0.1, 0.15) is 0 Å². The fraction of sp³-hybridized carbons (Fsp3) is 0. The van der Waals surface area contributed by atoms with Gasteiger partial charge in [-0.1, -0.05) is 164 Å². The van der Waals surface area contributed by atoms with Gasteiger partial charge in [-0.2, -0.15) is 0 Å². The Balaban J connectivity index is 1.12. The zero-order chi connectivity index (χ0) is 36.6. The zero-order valence-corrected chi connectivity index (χ0v) is 30.4. The van der Waals surface area contributed by atoms with Crippen LogP contribution in [0, 0.1) is 0 Å². The lowest BCUT2D eigenvalue weighted by Gasteiger charge is -2.11. The lowest BCUT2D eigenvalue weighted by atomic mass is 10.0. The van der Waals surface area contributed by atoms with Gasteiger partial charge < -0.3 is 0 Å². The minimum Gasteiger partial charge on any atom is -0.228 e. The molecule has 258 valence electrons. The zero-order valence-electron chi connectivity index (χ0n) is 29.5. The van der Waals surface area contributed by atoms with Crippen LogP contribution in [0.4, 0.5) is 0 Å². The van der Waals surface area contributed by atoms with Crippen molar-refractivity contribution in [2.24, 2.45) is 0 Å². The number of aromatic nitrogens is 5. The summed E-state index contributed by atoms with van der Waals surface area (Å²) in [6.45, 7) is 0. The lowest BCUT2D eigenvalue weighted by Crippen LogP contribution is -2.00. The van der Waals surface area contributed by atoms with Crippen molar-refractivity contribution in [3.05, 3.63) is 188 Å². The summed E-state index contributed by atoms with van der Waals surface area (Å²) >= 11 is 1.75. The molecule has 0 unspecified atom stereocenters. The van der Waals surface area contributed by atoms with Gasteiger partial charge in [-0.3, -0.25) is 0 Å². The number of hydrogen-bond donors (Lipinski definition) is 0. The van der Waals surface area contributed by atoms with Gasteiger partial charge in [-0.25, -0.2) is 24.9 Å². The second-order valence-corrected chi connectivity index (χ2v) is 14.4. The predicted octanol–water partition coefficient (Wildman–Crippen LogP) is 12.7. The van der Waals surface area contributed by atoms with E-state index >= 15 is 0 Å². The van der Waals surface area contributed by atoms with E-state index in [9.17, 15) is 0 Å². The van der Waals surface area contributed by atoms with Crippen LogP contribution in [-0.2, 0) is 0 Å². The van der Waals surface area contributed by atoms with Crippen molar-refractivity contribution in [3.8, 4) is 79.2 Å². The van der Waals surface area contributed by atoms with E-state index in [2.05, 4.69) is 115 Å². The average Bonchev–Trinajstić information content (AvgIpc) is 3.66. The molecule has 55 heavy (non-hydrogen) atoms. The highest BCUT2D eigenvalue weighted by Gasteiger charge is 2.19. The number of nitrogens with zero attached hydrogens (tertiary/aromatic N) is 5. The third-order valence-corrected chi connectivity index (χ3v) is 10.9. The van der Waals surface area contributed by atoms with Gasteiger partial charge in [-0.05, 0) is 35.4 Å². The molecule has 10 aromatic rings. The third kappa shape index (κ3) is 6.35. The summed E-state index contributed by atoms with van der Waals surface area (Å²) in [5.74, 6) is 2.58. The van der Waals surface area contributed by atoms with Crippen molar-refractivity contribution in [1.82, 2.24) is 24.9 Å². The first kappa shape index (κ1) is 32.5. The Hall–Kier alpha value is -7.15. The molecule has 0 aliphatic rings. The van der Waals surface area contributed by atoms with E-state index in [0.717, 1.165) is 76.1 Å².